The summed E-state index contributed by atoms with van der Waals surface area (Å²) in [5.41, 5.74) is 4.51. The van der Waals surface area contributed by atoms with Crippen LogP contribution < -0.4 is 5.32 Å². The van der Waals surface area contributed by atoms with Gasteiger partial charge in [-0.2, -0.15) is 5.10 Å². The zero-order chi connectivity index (χ0) is 15.2. The second-order valence-electron chi connectivity index (χ2n) is 5.21. The van der Waals surface area contributed by atoms with Crippen LogP contribution in [-0.4, -0.2) is 21.3 Å². The van der Waals surface area contributed by atoms with E-state index in [-0.39, 0.29) is 0 Å². The zero-order valence-corrected chi connectivity index (χ0v) is 13.6. The van der Waals surface area contributed by atoms with Crippen molar-refractivity contribution in [2.24, 2.45) is 0 Å². The van der Waals surface area contributed by atoms with E-state index in [0.29, 0.717) is 6.04 Å². The SMILES string of the molecule is CCNC(CC)c1ccc(-n2nc(CC)cc2CC)cn1. The molecule has 0 amide bonds. The van der Waals surface area contributed by atoms with Crippen LogP contribution in [0.1, 0.15) is 57.2 Å². The highest BCUT2D eigenvalue weighted by molar-refractivity contribution is 5.32. The van der Waals surface area contributed by atoms with E-state index in [0.717, 1.165) is 42.9 Å². The first-order chi connectivity index (χ1) is 10.2. The summed E-state index contributed by atoms with van der Waals surface area (Å²) >= 11 is 0. The summed E-state index contributed by atoms with van der Waals surface area (Å²) in [6.07, 6.45) is 4.91. The molecule has 2 heterocycles. The molecule has 1 atom stereocenters. The molecule has 4 heteroatoms. The van der Waals surface area contributed by atoms with Crippen molar-refractivity contribution in [3.8, 4) is 5.69 Å². The summed E-state index contributed by atoms with van der Waals surface area (Å²) < 4.78 is 2.02. The Bertz CT molecular complexity index is 557. The molecule has 2 rings (SSSR count). The van der Waals surface area contributed by atoms with E-state index in [1.165, 1.54) is 5.69 Å². The monoisotopic (exact) mass is 286 g/mol. The molecule has 0 saturated heterocycles. The van der Waals surface area contributed by atoms with E-state index in [4.69, 9.17) is 0 Å². The van der Waals surface area contributed by atoms with Crippen molar-refractivity contribution >= 4 is 0 Å². The summed E-state index contributed by atoms with van der Waals surface area (Å²) in [5.74, 6) is 0. The minimum absolute atomic E-state index is 0.332. The number of nitrogens with zero attached hydrogens (tertiary/aromatic N) is 3. The lowest BCUT2D eigenvalue weighted by atomic mass is 10.1. The lowest BCUT2D eigenvalue weighted by Gasteiger charge is -2.15. The van der Waals surface area contributed by atoms with Gasteiger partial charge in [-0.3, -0.25) is 4.98 Å². The van der Waals surface area contributed by atoms with Crippen molar-refractivity contribution in [1.82, 2.24) is 20.1 Å². The fourth-order valence-electron chi connectivity index (χ4n) is 2.56. The standard InChI is InChI=1S/C17H26N4/c1-5-13-11-14(6-2)21(20-13)15-9-10-17(19-12-15)16(7-3)18-8-4/h9-12,16,18H,5-8H2,1-4H3. The molecule has 0 saturated carbocycles. The fraction of sp³-hybridized carbons (Fsp3) is 0.529. The Morgan fingerprint density at radius 1 is 1.14 bits per heavy atom. The van der Waals surface area contributed by atoms with Gasteiger partial charge >= 0.3 is 0 Å². The maximum Gasteiger partial charge on any atom is 0.0832 e. The highest BCUT2D eigenvalue weighted by Gasteiger charge is 2.11. The molecule has 0 spiro atoms. The molecule has 0 fully saturated rings. The maximum atomic E-state index is 4.66. The van der Waals surface area contributed by atoms with Crippen LogP contribution in [0.5, 0.6) is 0 Å². The molecular formula is C17H26N4. The minimum Gasteiger partial charge on any atom is -0.309 e. The van der Waals surface area contributed by atoms with Crippen molar-refractivity contribution in [1.29, 1.82) is 0 Å². The molecule has 0 aromatic carbocycles. The van der Waals surface area contributed by atoms with Gasteiger partial charge in [0.25, 0.3) is 0 Å². The van der Waals surface area contributed by atoms with Crippen LogP contribution in [0.2, 0.25) is 0 Å². The Hall–Kier alpha value is -1.68. The van der Waals surface area contributed by atoms with Gasteiger partial charge in [-0.15, -0.1) is 0 Å². The zero-order valence-electron chi connectivity index (χ0n) is 13.6. The summed E-state index contributed by atoms with van der Waals surface area (Å²) in [5, 5.41) is 8.12. The first kappa shape index (κ1) is 15.7. The first-order valence-electron chi connectivity index (χ1n) is 8.00. The Kier molecular flexibility index (Phi) is 5.51. The summed E-state index contributed by atoms with van der Waals surface area (Å²) in [7, 11) is 0. The van der Waals surface area contributed by atoms with Crippen molar-refractivity contribution in [3.63, 3.8) is 0 Å². The van der Waals surface area contributed by atoms with Gasteiger partial charge in [0.1, 0.15) is 0 Å². The normalized spacial score (nSPS) is 12.6. The number of nitrogens with one attached hydrogen (secondary N) is 1. The molecule has 0 bridgehead atoms. The van der Waals surface area contributed by atoms with Gasteiger partial charge in [-0.1, -0.05) is 27.7 Å². The molecule has 2 aromatic heterocycles. The van der Waals surface area contributed by atoms with Crippen LogP contribution in [-0.2, 0) is 12.8 Å². The van der Waals surface area contributed by atoms with Crippen LogP contribution in [0.4, 0.5) is 0 Å². The maximum absolute atomic E-state index is 4.66. The van der Waals surface area contributed by atoms with Crippen LogP contribution in [0.3, 0.4) is 0 Å². The molecule has 2 aromatic rings. The molecule has 0 aliphatic carbocycles. The predicted octanol–water partition coefficient (Wildman–Crippen LogP) is 3.45. The van der Waals surface area contributed by atoms with Crippen LogP contribution in [0.15, 0.2) is 24.4 Å². The van der Waals surface area contributed by atoms with Crippen LogP contribution in [0.25, 0.3) is 5.69 Å². The first-order valence-corrected chi connectivity index (χ1v) is 8.00. The molecule has 1 N–H and O–H groups in total. The third kappa shape index (κ3) is 3.50. The Labute approximate surface area is 127 Å². The highest BCUT2D eigenvalue weighted by Crippen LogP contribution is 2.17. The highest BCUT2D eigenvalue weighted by atomic mass is 15.3. The summed E-state index contributed by atoms with van der Waals surface area (Å²) in [4.78, 5) is 4.63. The van der Waals surface area contributed by atoms with Crippen molar-refractivity contribution in [3.05, 3.63) is 41.5 Å². The third-order valence-electron chi connectivity index (χ3n) is 3.79. The van der Waals surface area contributed by atoms with Gasteiger partial charge in [0.05, 0.1) is 23.3 Å². The fourth-order valence-corrected chi connectivity index (χ4v) is 2.56. The third-order valence-corrected chi connectivity index (χ3v) is 3.79. The van der Waals surface area contributed by atoms with Gasteiger partial charge in [0.15, 0.2) is 0 Å². The molecule has 1 unspecified atom stereocenters. The van der Waals surface area contributed by atoms with E-state index in [1.54, 1.807) is 0 Å². The van der Waals surface area contributed by atoms with Gasteiger partial charge in [-0.25, -0.2) is 4.68 Å². The number of pyridine rings is 1. The van der Waals surface area contributed by atoms with Crippen LogP contribution >= 0.6 is 0 Å². The smallest absolute Gasteiger partial charge is 0.0832 e. The summed E-state index contributed by atoms with van der Waals surface area (Å²) in [6.45, 7) is 9.56. The van der Waals surface area contributed by atoms with Crippen molar-refractivity contribution < 1.29 is 0 Å². The Morgan fingerprint density at radius 2 is 1.95 bits per heavy atom. The lowest BCUT2D eigenvalue weighted by molar-refractivity contribution is 0.524. The molecule has 0 aliphatic heterocycles. The molecule has 0 radical (unpaired) electrons. The number of rotatable bonds is 7. The molecule has 21 heavy (non-hydrogen) atoms. The van der Waals surface area contributed by atoms with E-state index in [9.17, 15) is 0 Å². The largest absolute Gasteiger partial charge is 0.309 e. The molecule has 4 nitrogen and oxygen atoms in total. The molecule has 0 aliphatic rings. The van der Waals surface area contributed by atoms with Crippen molar-refractivity contribution in [2.45, 2.75) is 53.0 Å². The Morgan fingerprint density at radius 3 is 2.48 bits per heavy atom. The van der Waals surface area contributed by atoms with E-state index in [1.807, 2.05) is 10.9 Å². The average molecular weight is 286 g/mol. The lowest BCUT2D eigenvalue weighted by Crippen LogP contribution is -2.21. The van der Waals surface area contributed by atoms with E-state index >= 15 is 0 Å². The summed E-state index contributed by atoms with van der Waals surface area (Å²) in [6, 6.07) is 6.74. The minimum atomic E-state index is 0.332. The van der Waals surface area contributed by atoms with Gasteiger partial charge < -0.3 is 5.32 Å². The topological polar surface area (TPSA) is 42.7 Å². The van der Waals surface area contributed by atoms with E-state index in [2.05, 4.69) is 61.3 Å². The second-order valence-corrected chi connectivity index (χ2v) is 5.21. The van der Waals surface area contributed by atoms with Gasteiger partial charge in [-0.05, 0) is 44.0 Å². The average Bonchev–Trinajstić information content (AvgIpc) is 2.96. The van der Waals surface area contributed by atoms with Gasteiger partial charge in [0, 0.05) is 11.7 Å². The second kappa shape index (κ2) is 7.36. The predicted molar refractivity (Wildman–Crippen MR) is 86.8 cm³/mol. The van der Waals surface area contributed by atoms with Crippen molar-refractivity contribution in [2.75, 3.05) is 6.54 Å². The number of aromatic nitrogens is 3. The van der Waals surface area contributed by atoms with Crippen LogP contribution in [0, 0.1) is 0 Å². The van der Waals surface area contributed by atoms with E-state index < -0.39 is 0 Å². The number of hydrogen-bond acceptors (Lipinski definition) is 3. The van der Waals surface area contributed by atoms with Gasteiger partial charge in [0.2, 0.25) is 0 Å². The quantitative estimate of drug-likeness (QED) is 0.847. The number of hydrogen-bond donors (Lipinski definition) is 1. The number of aryl methyl sites for hydroxylation is 2. The molecule has 114 valence electrons. The Balaban J connectivity index is 2.28. The molecular weight excluding hydrogens is 260 g/mol.